The third-order valence-electron chi connectivity index (χ3n) is 1.82. The van der Waals surface area contributed by atoms with Crippen molar-refractivity contribution < 1.29 is 0 Å². The Hall–Kier alpha value is -0.790. The largest absolute Gasteiger partial charge is 0.387 e. The number of nitrogens with zero attached hydrogens (tertiary/aromatic N) is 1. The Balaban J connectivity index is 2.72. The van der Waals surface area contributed by atoms with Crippen LogP contribution in [-0.2, 0) is 0 Å². The number of hydrogen-bond acceptors (Lipinski definition) is 2. The monoisotopic (exact) mass is 138 g/mol. The van der Waals surface area contributed by atoms with Gasteiger partial charge < -0.3 is 5.32 Å². The summed E-state index contributed by atoms with van der Waals surface area (Å²) in [5, 5.41) is 3.14. The highest BCUT2D eigenvalue weighted by atomic mass is 14.9. The van der Waals surface area contributed by atoms with Crippen molar-refractivity contribution >= 4 is 5.71 Å². The van der Waals surface area contributed by atoms with Gasteiger partial charge in [0.25, 0.3) is 0 Å². The molecule has 1 aliphatic carbocycles. The molecule has 0 bridgehead atoms. The average Bonchev–Trinajstić information content (AvgIpc) is 2.04. The summed E-state index contributed by atoms with van der Waals surface area (Å²) in [4.78, 5) is 4.19. The molecule has 0 heterocycles. The van der Waals surface area contributed by atoms with Crippen LogP contribution in [0.1, 0.15) is 19.3 Å². The fraction of sp³-hybridized carbons (Fsp3) is 0.625. The highest BCUT2D eigenvalue weighted by Gasteiger charge is 2.07. The Morgan fingerprint density at radius 3 is 2.90 bits per heavy atom. The van der Waals surface area contributed by atoms with Crippen LogP contribution in [0.25, 0.3) is 0 Å². The first-order valence-corrected chi connectivity index (χ1v) is 3.72. The zero-order valence-corrected chi connectivity index (χ0v) is 6.65. The normalized spacial score (nSPS) is 22.6. The second kappa shape index (κ2) is 3.40. The number of aliphatic imine (C=N–C) groups is 1. The van der Waals surface area contributed by atoms with Gasteiger partial charge in [0.15, 0.2) is 0 Å². The predicted molar refractivity (Wildman–Crippen MR) is 44.4 cm³/mol. The van der Waals surface area contributed by atoms with Crippen LogP contribution in [0.15, 0.2) is 16.8 Å². The molecule has 2 nitrogen and oxygen atoms in total. The maximum absolute atomic E-state index is 4.19. The fourth-order valence-electron chi connectivity index (χ4n) is 1.25. The second-order valence-electron chi connectivity index (χ2n) is 2.43. The molecule has 0 aliphatic heterocycles. The molecule has 2 heteroatoms. The summed E-state index contributed by atoms with van der Waals surface area (Å²) in [6, 6.07) is 0. The van der Waals surface area contributed by atoms with Gasteiger partial charge in [0.1, 0.15) is 0 Å². The lowest BCUT2D eigenvalue weighted by Crippen LogP contribution is -2.18. The lowest BCUT2D eigenvalue weighted by molar-refractivity contribution is 0.837. The molecule has 56 valence electrons. The van der Waals surface area contributed by atoms with Crippen LogP contribution in [0, 0.1) is 0 Å². The smallest absolute Gasteiger partial charge is 0.0572 e. The first kappa shape index (κ1) is 7.32. The van der Waals surface area contributed by atoms with Gasteiger partial charge in [0.05, 0.1) is 11.4 Å². The number of nitrogens with one attached hydrogen (secondary N) is 1. The average molecular weight is 138 g/mol. The van der Waals surface area contributed by atoms with E-state index in [1.54, 1.807) is 0 Å². The molecule has 0 atom stereocenters. The summed E-state index contributed by atoms with van der Waals surface area (Å²) in [6.07, 6.45) is 5.78. The summed E-state index contributed by atoms with van der Waals surface area (Å²) >= 11 is 0. The van der Waals surface area contributed by atoms with E-state index in [0.717, 1.165) is 6.42 Å². The van der Waals surface area contributed by atoms with Crippen molar-refractivity contribution in [1.29, 1.82) is 0 Å². The Morgan fingerprint density at radius 1 is 1.60 bits per heavy atom. The Labute approximate surface area is 62.0 Å². The first-order chi connectivity index (χ1) is 4.88. The summed E-state index contributed by atoms with van der Waals surface area (Å²) in [5.74, 6) is 0. The molecule has 0 aromatic heterocycles. The van der Waals surface area contributed by atoms with Gasteiger partial charge in [-0.15, -0.1) is 0 Å². The van der Waals surface area contributed by atoms with Gasteiger partial charge >= 0.3 is 0 Å². The van der Waals surface area contributed by atoms with Gasteiger partial charge in [-0.25, -0.2) is 0 Å². The molecule has 0 unspecified atom stereocenters. The zero-order valence-electron chi connectivity index (χ0n) is 6.65. The summed E-state index contributed by atoms with van der Waals surface area (Å²) in [6.45, 7) is 0. The quantitative estimate of drug-likeness (QED) is 0.581. The summed E-state index contributed by atoms with van der Waals surface area (Å²) in [5.41, 5.74) is 2.43. The van der Waals surface area contributed by atoms with Gasteiger partial charge in [-0.2, -0.15) is 0 Å². The first-order valence-electron chi connectivity index (χ1n) is 3.72. The van der Waals surface area contributed by atoms with Gasteiger partial charge in [0, 0.05) is 14.1 Å². The van der Waals surface area contributed by atoms with E-state index in [1.165, 1.54) is 24.3 Å². The van der Waals surface area contributed by atoms with Crippen LogP contribution in [-0.4, -0.2) is 19.8 Å². The molecule has 0 saturated carbocycles. The molecule has 1 N–H and O–H groups in total. The minimum Gasteiger partial charge on any atom is -0.387 e. The van der Waals surface area contributed by atoms with E-state index in [1.807, 2.05) is 14.1 Å². The highest BCUT2D eigenvalue weighted by Crippen LogP contribution is 2.12. The fourth-order valence-corrected chi connectivity index (χ4v) is 1.25. The van der Waals surface area contributed by atoms with Crippen molar-refractivity contribution in [2.75, 3.05) is 14.1 Å². The Bertz CT molecular complexity index is 168. The second-order valence-corrected chi connectivity index (χ2v) is 2.43. The maximum Gasteiger partial charge on any atom is 0.0572 e. The van der Waals surface area contributed by atoms with E-state index in [-0.39, 0.29) is 0 Å². The predicted octanol–water partition coefficient (Wildman–Crippen LogP) is 1.34. The Kier molecular flexibility index (Phi) is 2.49. The van der Waals surface area contributed by atoms with E-state index < -0.39 is 0 Å². The van der Waals surface area contributed by atoms with Crippen molar-refractivity contribution in [3.63, 3.8) is 0 Å². The van der Waals surface area contributed by atoms with E-state index >= 15 is 0 Å². The van der Waals surface area contributed by atoms with Crippen molar-refractivity contribution in [2.24, 2.45) is 4.99 Å². The molecule has 1 rings (SSSR count). The number of allylic oxidation sites excluding steroid dienone is 2. The van der Waals surface area contributed by atoms with Gasteiger partial charge in [-0.1, -0.05) is 6.08 Å². The topological polar surface area (TPSA) is 24.4 Å². The van der Waals surface area contributed by atoms with Crippen LogP contribution >= 0.6 is 0 Å². The number of rotatable bonds is 1. The van der Waals surface area contributed by atoms with Crippen LogP contribution in [0.2, 0.25) is 0 Å². The molecule has 0 fully saturated rings. The molecule has 0 amide bonds. The van der Waals surface area contributed by atoms with Gasteiger partial charge in [-0.3, -0.25) is 4.99 Å². The van der Waals surface area contributed by atoms with E-state index in [2.05, 4.69) is 16.4 Å². The Morgan fingerprint density at radius 2 is 2.40 bits per heavy atom. The standard InChI is InChI=1S/C8H14N2/c1-9-7-5-3-4-6-8(7)10-2/h5,9H,3-4,6H2,1-2H3. The lowest BCUT2D eigenvalue weighted by atomic mass is 10.0. The molecular formula is C8H14N2. The van der Waals surface area contributed by atoms with Crippen molar-refractivity contribution in [2.45, 2.75) is 19.3 Å². The molecular weight excluding hydrogens is 124 g/mol. The molecule has 0 aromatic carbocycles. The van der Waals surface area contributed by atoms with E-state index in [9.17, 15) is 0 Å². The van der Waals surface area contributed by atoms with Crippen LogP contribution < -0.4 is 5.32 Å². The zero-order chi connectivity index (χ0) is 7.40. The van der Waals surface area contributed by atoms with E-state index in [4.69, 9.17) is 0 Å². The molecule has 1 aliphatic rings. The van der Waals surface area contributed by atoms with Crippen molar-refractivity contribution in [1.82, 2.24) is 5.32 Å². The van der Waals surface area contributed by atoms with Crippen LogP contribution in [0.3, 0.4) is 0 Å². The minimum absolute atomic E-state index is 1.13. The molecule has 0 aromatic rings. The third kappa shape index (κ3) is 1.38. The molecule has 0 saturated heterocycles. The van der Waals surface area contributed by atoms with Gasteiger partial charge in [0.2, 0.25) is 0 Å². The maximum atomic E-state index is 4.19. The molecule has 0 radical (unpaired) electrons. The number of hydrogen-bond donors (Lipinski definition) is 1. The molecule has 10 heavy (non-hydrogen) atoms. The summed E-state index contributed by atoms with van der Waals surface area (Å²) < 4.78 is 0. The highest BCUT2D eigenvalue weighted by molar-refractivity contribution is 6.00. The lowest BCUT2D eigenvalue weighted by Gasteiger charge is -2.14. The molecule has 0 spiro atoms. The van der Waals surface area contributed by atoms with Crippen LogP contribution in [0.4, 0.5) is 0 Å². The summed E-state index contributed by atoms with van der Waals surface area (Å²) in [7, 11) is 3.80. The van der Waals surface area contributed by atoms with E-state index in [0.29, 0.717) is 0 Å². The minimum atomic E-state index is 1.13. The van der Waals surface area contributed by atoms with Gasteiger partial charge in [-0.05, 0) is 19.3 Å². The van der Waals surface area contributed by atoms with Crippen LogP contribution in [0.5, 0.6) is 0 Å². The SMILES string of the molecule is CN=C1CCCC=C1NC. The van der Waals surface area contributed by atoms with Crippen molar-refractivity contribution in [3.8, 4) is 0 Å². The third-order valence-corrected chi connectivity index (χ3v) is 1.82. The van der Waals surface area contributed by atoms with Crippen molar-refractivity contribution in [3.05, 3.63) is 11.8 Å².